The van der Waals surface area contributed by atoms with E-state index < -0.39 is 0 Å². The van der Waals surface area contributed by atoms with E-state index in [1.807, 2.05) is 62.4 Å². The van der Waals surface area contributed by atoms with Crippen LogP contribution in [-0.2, 0) is 4.79 Å². The number of thioether (sulfide) groups is 1. The lowest BCUT2D eigenvalue weighted by Gasteiger charge is -2.14. The smallest absolute Gasteiger partial charge is 0.234 e. The molecule has 3 nitrogen and oxygen atoms in total. The first kappa shape index (κ1) is 16.7. The lowest BCUT2D eigenvalue weighted by atomic mass is 10.3. The predicted octanol–water partition coefficient (Wildman–Crippen LogP) is 4.86. The van der Waals surface area contributed by atoms with E-state index in [0.29, 0.717) is 22.2 Å². The highest BCUT2D eigenvalue weighted by atomic mass is 35.5. The van der Waals surface area contributed by atoms with E-state index in [4.69, 9.17) is 16.3 Å². The Morgan fingerprint density at radius 1 is 1.18 bits per heavy atom. The largest absolute Gasteiger partial charge is 0.489 e. The molecule has 0 heterocycles. The number of ether oxygens (including phenoxy) is 1. The molecule has 2 rings (SSSR count). The van der Waals surface area contributed by atoms with Gasteiger partial charge in [-0.3, -0.25) is 4.79 Å². The minimum Gasteiger partial charge on any atom is -0.489 e. The number of hydrogen-bond acceptors (Lipinski definition) is 3. The molecule has 0 aromatic heterocycles. The summed E-state index contributed by atoms with van der Waals surface area (Å²) in [6.07, 6.45) is 0.0569. The van der Waals surface area contributed by atoms with Crippen molar-refractivity contribution in [2.45, 2.75) is 24.8 Å². The maximum atomic E-state index is 12.1. The Morgan fingerprint density at radius 3 is 2.55 bits per heavy atom. The Kier molecular flexibility index (Phi) is 6.16. The number of rotatable bonds is 6. The molecule has 0 spiro atoms. The van der Waals surface area contributed by atoms with Crippen molar-refractivity contribution in [1.29, 1.82) is 0 Å². The number of para-hydroxylation sites is 2. The summed E-state index contributed by atoms with van der Waals surface area (Å²) < 4.78 is 5.69. The van der Waals surface area contributed by atoms with Crippen molar-refractivity contribution in [3.05, 3.63) is 53.6 Å². The number of anilines is 1. The molecule has 2 aromatic rings. The van der Waals surface area contributed by atoms with Crippen LogP contribution in [0.25, 0.3) is 0 Å². The summed E-state index contributed by atoms with van der Waals surface area (Å²) in [4.78, 5) is 13.1. The molecule has 116 valence electrons. The first-order chi connectivity index (χ1) is 10.5. The van der Waals surface area contributed by atoms with E-state index in [1.165, 1.54) is 11.8 Å². The monoisotopic (exact) mass is 335 g/mol. The fraction of sp³-hybridized carbons (Fsp3) is 0.235. The molecule has 0 saturated heterocycles. The normalized spacial score (nSPS) is 10.5. The van der Waals surface area contributed by atoms with Crippen molar-refractivity contribution in [1.82, 2.24) is 0 Å². The van der Waals surface area contributed by atoms with Gasteiger partial charge in [0.2, 0.25) is 5.91 Å². The number of amides is 1. The van der Waals surface area contributed by atoms with Gasteiger partial charge in [-0.05, 0) is 50.2 Å². The Labute approximate surface area is 140 Å². The third-order valence-electron chi connectivity index (χ3n) is 2.71. The summed E-state index contributed by atoms with van der Waals surface area (Å²) >= 11 is 7.30. The maximum Gasteiger partial charge on any atom is 0.234 e. The van der Waals surface area contributed by atoms with E-state index in [0.717, 1.165) is 4.90 Å². The zero-order valence-electron chi connectivity index (χ0n) is 12.5. The van der Waals surface area contributed by atoms with Crippen molar-refractivity contribution in [2.24, 2.45) is 0 Å². The summed E-state index contributed by atoms with van der Waals surface area (Å²) in [7, 11) is 0. The first-order valence-electron chi connectivity index (χ1n) is 6.98. The van der Waals surface area contributed by atoms with E-state index in [-0.39, 0.29) is 12.0 Å². The van der Waals surface area contributed by atoms with Gasteiger partial charge in [-0.15, -0.1) is 11.8 Å². The Bertz CT molecular complexity index is 629. The van der Waals surface area contributed by atoms with Gasteiger partial charge in [0.1, 0.15) is 5.75 Å². The third kappa shape index (κ3) is 5.28. The number of benzene rings is 2. The fourth-order valence-corrected chi connectivity index (χ4v) is 2.62. The molecule has 0 atom stereocenters. The van der Waals surface area contributed by atoms with Crippen LogP contribution < -0.4 is 10.1 Å². The fourth-order valence-electron chi connectivity index (χ4n) is 1.79. The molecule has 0 unspecified atom stereocenters. The zero-order chi connectivity index (χ0) is 15.9. The average molecular weight is 336 g/mol. The molecule has 0 bridgehead atoms. The molecule has 1 N–H and O–H groups in total. The van der Waals surface area contributed by atoms with Crippen LogP contribution in [0.3, 0.4) is 0 Å². The second kappa shape index (κ2) is 8.11. The van der Waals surface area contributed by atoms with Crippen molar-refractivity contribution < 1.29 is 9.53 Å². The minimum atomic E-state index is -0.0697. The van der Waals surface area contributed by atoms with Crippen LogP contribution >= 0.6 is 23.4 Å². The average Bonchev–Trinajstić information content (AvgIpc) is 2.48. The van der Waals surface area contributed by atoms with E-state index in [9.17, 15) is 4.79 Å². The number of nitrogens with one attached hydrogen (secondary N) is 1. The van der Waals surface area contributed by atoms with Gasteiger partial charge in [-0.1, -0.05) is 23.7 Å². The molecule has 5 heteroatoms. The number of halogens is 1. The SMILES string of the molecule is CC(C)Oc1ccccc1NC(=O)CSc1ccc(Cl)cc1. The summed E-state index contributed by atoms with van der Waals surface area (Å²) in [5.74, 6) is 0.944. The highest BCUT2D eigenvalue weighted by molar-refractivity contribution is 8.00. The van der Waals surface area contributed by atoms with E-state index in [1.54, 1.807) is 0 Å². The predicted molar refractivity (Wildman–Crippen MR) is 93.0 cm³/mol. The van der Waals surface area contributed by atoms with Gasteiger partial charge in [0.15, 0.2) is 0 Å². The van der Waals surface area contributed by atoms with Crippen LogP contribution in [0.2, 0.25) is 5.02 Å². The van der Waals surface area contributed by atoms with Gasteiger partial charge in [0, 0.05) is 9.92 Å². The maximum absolute atomic E-state index is 12.1. The van der Waals surface area contributed by atoms with Gasteiger partial charge in [-0.2, -0.15) is 0 Å². The van der Waals surface area contributed by atoms with E-state index in [2.05, 4.69) is 5.32 Å². The first-order valence-corrected chi connectivity index (χ1v) is 8.35. The Morgan fingerprint density at radius 2 is 1.86 bits per heavy atom. The van der Waals surface area contributed by atoms with E-state index >= 15 is 0 Å². The van der Waals surface area contributed by atoms with Crippen LogP contribution in [0.1, 0.15) is 13.8 Å². The van der Waals surface area contributed by atoms with Crippen molar-refractivity contribution in [3.63, 3.8) is 0 Å². The molecular formula is C17H18ClNO2S. The van der Waals surface area contributed by atoms with Crippen LogP contribution in [0.4, 0.5) is 5.69 Å². The van der Waals surface area contributed by atoms with Gasteiger partial charge in [-0.25, -0.2) is 0 Å². The lowest BCUT2D eigenvalue weighted by molar-refractivity contribution is -0.113. The zero-order valence-corrected chi connectivity index (χ0v) is 14.1. The molecule has 0 aliphatic heterocycles. The summed E-state index contributed by atoms with van der Waals surface area (Å²) in [5, 5.41) is 3.58. The summed E-state index contributed by atoms with van der Waals surface area (Å²) in [5.41, 5.74) is 0.693. The summed E-state index contributed by atoms with van der Waals surface area (Å²) in [6, 6.07) is 14.9. The minimum absolute atomic E-state index is 0.0569. The second-order valence-corrected chi connectivity index (χ2v) is 6.44. The molecule has 0 radical (unpaired) electrons. The topological polar surface area (TPSA) is 38.3 Å². The number of hydrogen-bond donors (Lipinski definition) is 1. The van der Waals surface area contributed by atoms with Crippen LogP contribution in [0, 0.1) is 0 Å². The Balaban J connectivity index is 1.93. The molecule has 0 saturated carbocycles. The second-order valence-electron chi connectivity index (χ2n) is 4.95. The van der Waals surface area contributed by atoms with Gasteiger partial charge in [0.25, 0.3) is 0 Å². The van der Waals surface area contributed by atoms with Crippen LogP contribution in [0.5, 0.6) is 5.75 Å². The Hall–Kier alpha value is -1.65. The van der Waals surface area contributed by atoms with Crippen LogP contribution in [-0.4, -0.2) is 17.8 Å². The molecular weight excluding hydrogens is 318 g/mol. The molecule has 2 aromatic carbocycles. The van der Waals surface area contributed by atoms with Gasteiger partial charge >= 0.3 is 0 Å². The number of carbonyl (C=O) groups is 1. The standard InChI is InChI=1S/C17H18ClNO2S/c1-12(2)21-16-6-4-3-5-15(16)19-17(20)11-22-14-9-7-13(18)8-10-14/h3-10,12H,11H2,1-2H3,(H,19,20). The van der Waals surface area contributed by atoms with Crippen LogP contribution in [0.15, 0.2) is 53.4 Å². The molecule has 0 fully saturated rings. The molecule has 0 aliphatic carbocycles. The van der Waals surface area contributed by atoms with Gasteiger partial charge < -0.3 is 10.1 Å². The lowest BCUT2D eigenvalue weighted by Crippen LogP contribution is -2.16. The van der Waals surface area contributed by atoms with Gasteiger partial charge in [0.05, 0.1) is 17.5 Å². The summed E-state index contributed by atoms with van der Waals surface area (Å²) in [6.45, 7) is 3.91. The molecule has 0 aliphatic rings. The highest BCUT2D eigenvalue weighted by Gasteiger charge is 2.09. The quantitative estimate of drug-likeness (QED) is 0.766. The van der Waals surface area contributed by atoms with Crippen molar-refractivity contribution >= 4 is 35.0 Å². The van der Waals surface area contributed by atoms with Crippen molar-refractivity contribution in [2.75, 3.05) is 11.1 Å². The highest BCUT2D eigenvalue weighted by Crippen LogP contribution is 2.26. The third-order valence-corrected chi connectivity index (χ3v) is 3.97. The number of carbonyl (C=O) groups excluding carboxylic acids is 1. The molecule has 22 heavy (non-hydrogen) atoms. The molecule has 1 amide bonds. The van der Waals surface area contributed by atoms with Crippen molar-refractivity contribution in [3.8, 4) is 5.75 Å².